The van der Waals surface area contributed by atoms with E-state index in [2.05, 4.69) is 10.6 Å². The van der Waals surface area contributed by atoms with Crippen LogP contribution in [0, 0.1) is 0 Å². The number of amides is 2. The maximum Gasteiger partial charge on any atom is 0.252 e. The number of ketones is 2. The molecule has 3 aromatic rings. The topological polar surface area (TPSA) is 157 Å². The summed E-state index contributed by atoms with van der Waals surface area (Å²) in [7, 11) is 0. The van der Waals surface area contributed by atoms with Gasteiger partial charge in [0, 0.05) is 17.2 Å². The van der Waals surface area contributed by atoms with Crippen LogP contribution in [0.15, 0.2) is 54.6 Å². The van der Waals surface area contributed by atoms with E-state index in [1.165, 1.54) is 42.5 Å². The van der Waals surface area contributed by atoms with Crippen LogP contribution in [0.3, 0.4) is 0 Å². The number of phenols is 1. The van der Waals surface area contributed by atoms with E-state index in [9.17, 15) is 24.3 Å². The predicted molar refractivity (Wildman–Crippen MR) is 115 cm³/mol. The van der Waals surface area contributed by atoms with Gasteiger partial charge in [-0.25, -0.2) is 0 Å². The van der Waals surface area contributed by atoms with Gasteiger partial charge in [0.25, 0.3) is 6.35 Å². The molecule has 0 radical (unpaired) electrons. The molecule has 0 heterocycles. The molecule has 10 nitrogen and oxygen atoms in total. The fourth-order valence-electron chi connectivity index (χ4n) is 3.45. The minimum atomic E-state index is -1.06. The molecular formula is C23H17N3O7. The zero-order chi connectivity index (χ0) is 23.5. The lowest BCUT2D eigenvalue weighted by Gasteiger charge is -2.21. The first kappa shape index (κ1) is 21.4. The van der Waals surface area contributed by atoms with E-state index >= 15 is 0 Å². The van der Waals surface area contributed by atoms with Crippen molar-refractivity contribution in [3.63, 3.8) is 0 Å². The Kier molecular flexibility index (Phi) is 5.64. The molecule has 4 rings (SSSR count). The summed E-state index contributed by atoms with van der Waals surface area (Å²) in [6, 6.07) is 13.5. The van der Waals surface area contributed by atoms with Crippen LogP contribution in [0.1, 0.15) is 31.8 Å². The van der Waals surface area contributed by atoms with Crippen LogP contribution in [-0.2, 0) is 9.59 Å². The number of anilines is 1. The summed E-state index contributed by atoms with van der Waals surface area (Å²) in [6.45, 7) is 0. The number of nitrogen functional groups attached to an aromatic ring is 1. The second kappa shape index (κ2) is 8.71. The van der Waals surface area contributed by atoms with Gasteiger partial charge in [0.2, 0.25) is 12.8 Å². The number of nitrogens with one attached hydrogen (secondary N) is 2. The smallest absolute Gasteiger partial charge is 0.252 e. The van der Waals surface area contributed by atoms with E-state index in [4.69, 9.17) is 15.2 Å². The van der Waals surface area contributed by atoms with Gasteiger partial charge in [-0.2, -0.15) is 0 Å². The van der Waals surface area contributed by atoms with Crippen molar-refractivity contribution in [2.45, 2.75) is 6.35 Å². The number of phenolic OH excluding ortho intramolecular Hbond substituents is 1. The summed E-state index contributed by atoms with van der Waals surface area (Å²) < 4.78 is 11.1. The van der Waals surface area contributed by atoms with Crippen molar-refractivity contribution in [1.29, 1.82) is 0 Å². The number of fused-ring (bicyclic) bond motifs is 2. The SMILES string of the molecule is Nc1c(Oc2ccc(OC(NC=O)NC=O)cc2)cc(O)c2c1C(=O)c1ccccc1C2=O. The summed E-state index contributed by atoms with van der Waals surface area (Å²) in [5.74, 6) is -0.840. The van der Waals surface area contributed by atoms with Crippen molar-refractivity contribution >= 4 is 30.1 Å². The van der Waals surface area contributed by atoms with Gasteiger partial charge in [0.05, 0.1) is 16.8 Å². The molecule has 0 spiro atoms. The fraction of sp³-hybridized carbons (Fsp3) is 0.0435. The minimum absolute atomic E-state index is 0.0106. The summed E-state index contributed by atoms with van der Waals surface area (Å²) >= 11 is 0. The Morgan fingerprint density at radius 3 is 1.97 bits per heavy atom. The van der Waals surface area contributed by atoms with Gasteiger partial charge in [-0.3, -0.25) is 19.2 Å². The Morgan fingerprint density at radius 2 is 1.39 bits per heavy atom. The van der Waals surface area contributed by atoms with Gasteiger partial charge < -0.3 is 30.9 Å². The van der Waals surface area contributed by atoms with E-state index in [1.807, 2.05) is 0 Å². The average molecular weight is 447 g/mol. The third-order valence-corrected chi connectivity index (χ3v) is 4.92. The molecule has 0 saturated heterocycles. The number of carbonyl (C=O) groups is 4. The second-order valence-electron chi connectivity index (χ2n) is 6.90. The molecule has 3 aromatic carbocycles. The lowest BCUT2D eigenvalue weighted by atomic mass is 9.82. The Morgan fingerprint density at radius 1 is 0.848 bits per heavy atom. The number of carbonyl (C=O) groups excluding carboxylic acids is 4. The third kappa shape index (κ3) is 3.92. The Bertz CT molecular complexity index is 1260. The van der Waals surface area contributed by atoms with Crippen LogP contribution < -0.4 is 25.8 Å². The molecule has 0 aliphatic heterocycles. The second-order valence-corrected chi connectivity index (χ2v) is 6.90. The highest BCUT2D eigenvalue weighted by Gasteiger charge is 2.35. The number of benzene rings is 3. The molecule has 1 aliphatic carbocycles. The van der Waals surface area contributed by atoms with Crippen LogP contribution in [0.4, 0.5) is 5.69 Å². The average Bonchev–Trinajstić information content (AvgIpc) is 2.81. The number of hydrogen-bond donors (Lipinski definition) is 4. The third-order valence-electron chi connectivity index (χ3n) is 4.92. The molecule has 1 aliphatic rings. The summed E-state index contributed by atoms with van der Waals surface area (Å²) in [4.78, 5) is 47.0. The zero-order valence-corrected chi connectivity index (χ0v) is 16.9. The number of rotatable bonds is 8. The van der Waals surface area contributed by atoms with Gasteiger partial charge in [-0.15, -0.1) is 0 Å². The first-order valence-corrected chi connectivity index (χ1v) is 9.62. The van der Waals surface area contributed by atoms with Gasteiger partial charge in [-0.05, 0) is 24.3 Å². The van der Waals surface area contributed by atoms with Crippen molar-refractivity contribution in [3.05, 3.63) is 76.9 Å². The molecule has 0 bridgehead atoms. The quantitative estimate of drug-likeness (QED) is 0.138. The Labute approximate surface area is 186 Å². The summed E-state index contributed by atoms with van der Waals surface area (Å²) in [5.41, 5.74) is 6.21. The highest BCUT2D eigenvalue weighted by Crippen LogP contribution is 2.42. The van der Waals surface area contributed by atoms with Crippen LogP contribution >= 0.6 is 0 Å². The Balaban J connectivity index is 1.62. The lowest BCUT2D eigenvalue weighted by molar-refractivity contribution is -0.115. The zero-order valence-electron chi connectivity index (χ0n) is 16.9. The van der Waals surface area contributed by atoms with Gasteiger partial charge in [0.15, 0.2) is 17.3 Å². The van der Waals surface area contributed by atoms with Crippen molar-refractivity contribution in [2.75, 3.05) is 5.73 Å². The van der Waals surface area contributed by atoms with E-state index < -0.39 is 23.7 Å². The van der Waals surface area contributed by atoms with Crippen LogP contribution in [0.2, 0.25) is 0 Å². The molecular weight excluding hydrogens is 430 g/mol. The first-order valence-electron chi connectivity index (χ1n) is 9.62. The number of ether oxygens (including phenoxy) is 2. The van der Waals surface area contributed by atoms with Gasteiger partial charge in [-0.1, -0.05) is 24.3 Å². The number of aromatic hydroxyl groups is 1. The van der Waals surface area contributed by atoms with Crippen LogP contribution in [-0.4, -0.2) is 35.8 Å². The van der Waals surface area contributed by atoms with E-state index in [0.29, 0.717) is 18.6 Å². The number of nitrogens with two attached hydrogens (primary N) is 1. The summed E-state index contributed by atoms with van der Waals surface area (Å²) in [6.07, 6.45) is -0.325. The highest BCUT2D eigenvalue weighted by atomic mass is 16.5. The van der Waals surface area contributed by atoms with Crippen molar-refractivity contribution < 1.29 is 33.8 Å². The maximum absolute atomic E-state index is 13.0. The molecule has 0 aromatic heterocycles. The molecule has 33 heavy (non-hydrogen) atoms. The van der Waals surface area contributed by atoms with Gasteiger partial charge in [0.1, 0.15) is 17.2 Å². The normalized spacial score (nSPS) is 11.9. The number of hydrogen-bond acceptors (Lipinski definition) is 8. The monoisotopic (exact) mass is 447 g/mol. The largest absolute Gasteiger partial charge is 0.507 e. The molecule has 0 unspecified atom stereocenters. The van der Waals surface area contributed by atoms with Crippen molar-refractivity contribution in [2.24, 2.45) is 0 Å². The summed E-state index contributed by atoms with van der Waals surface area (Å²) in [5, 5.41) is 15.0. The molecule has 166 valence electrons. The highest BCUT2D eigenvalue weighted by molar-refractivity contribution is 6.31. The predicted octanol–water partition coefficient (Wildman–Crippen LogP) is 1.70. The van der Waals surface area contributed by atoms with Crippen molar-refractivity contribution in [1.82, 2.24) is 10.6 Å². The molecule has 5 N–H and O–H groups in total. The minimum Gasteiger partial charge on any atom is -0.507 e. The first-order chi connectivity index (χ1) is 15.9. The van der Waals surface area contributed by atoms with E-state index in [1.54, 1.807) is 12.1 Å². The fourth-order valence-corrected chi connectivity index (χ4v) is 3.45. The molecule has 0 fully saturated rings. The van der Waals surface area contributed by atoms with E-state index in [0.717, 1.165) is 0 Å². The van der Waals surface area contributed by atoms with Gasteiger partial charge >= 0.3 is 0 Å². The van der Waals surface area contributed by atoms with Crippen LogP contribution in [0.25, 0.3) is 0 Å². The standard InChI is InChI=1S/C23H17N3O7/c24-20-17(32-12-5-7-13(8-6-12)33-23(25-10-27)26-11-28)9-16(29)18-19(20)22(31)15-4-2-1-3-14(15)21(18)30/h1-11,23,29H,24H2,(H,25,27)(H,26,28). The Hall–Kier alpha value is -4.86. The molecule has 0 saturated carbocycles. The molecule has 10 heteroatoms. The van der Waals surface area contributed by atoms with Crippen LogP contribution in [0.5, 0.6) is 23.0 Å². The van der Waals surface area contributed by atoms with E-state index in [-0.39, 0.29) is 39.4 Å². The molecule has 2 amide bonds. The van der Waals surface area contributed by atoms with Crippen molar-refractivity contribution in [3.8, 4) is 23.0 Å². The lowest BCUT2D eigenvalue weighted by Crippen LogP contribution is -2.45. The molecule has 0 atom stereocenters. The maximum atomic E-state index is 13.0.